The van der Waals surface area contributed by atoms with Crippen LogP contribution in [0.1, 0.15) is 37.6 Å². The minimum absolute atomic E-state index is 0.00814. The van der Waals surface area contributed by atoms with Crippen molar-refractivity contribution in [1.82, 2.24) is 5.32 Å². The highest BCUT2D eigenvalue weighted by molar-refractivity contribution is 5.89. The van der Waals surface area contributed by atoms with Gasteiger partial charge < -0.3 is 15.1 Å². The summed E-state index contributed by atoms with van der Waals surface area (Å²) < 4.78 is 5.55. The summed E-state index contributed by atoms with van der Waals surface area (Å²) in [5, 5.41) is 5.91. The average Bonchev–Trinajstić information content (AvgIpc) is 2.86. The van der Waals surface area contributed by atoms with Crippen LogP contribution < -0.4 is 10.6 Å². The molecule has 0 saturated carbocycles. The van der Waals surface area contributed by atoms with Crippen LogP contribution in [0.15, 0.2) is 47.1 Å². The minimum Gasteiger partial charge on any atom is -0.469 e. The number of amides is 2. The summed E-state index contributed by atoms with van der Waals surface area (Å²) in [7, 11) is 0. The fourth-order valence-electron chi connectivity index (χ4n) is 2.95. The Bertz CT molecular complexity index is 631. The second-order valence-electron chi connectivity index (χ2n) is 6.36. The zero-order valence-electron chi connectivity index (χ0n) is 12.3. The van der Waals surface area contributed by atoms with E-state index in [0.29, 0.717) is 0 Å². The molecule has 110 valence electrons. The van der Waals surface area contributed by atoms with Gasteiger partial charge in [-0.25, -0.2) is 4.79 Å². The molecule has 1 aromatic carbocycles. The van der Waals surface area contributed by atoms with E-state index in [1.807, 2.05) is 36.4 Å². The maximum atomic E-state index is 12.2. The first kappa shape index (κ1) is 13.7. The van der Waals surface area contributed by atoms with Crippen molar-refractivity contribution in [2.24, 2.45) is 5.41 Å². The van der Waals surface area contributed by atoms with Crippen LogP contribution in [0.3, 0.4) is 0 Å². The van der Waals surface area contributed by atoms with E-state index in [1.165, 1.54) is 0 Å². The Balaban J connectivity index is 1.72. The van der Waals surface area contributed by atoms with Gasteiger partial charge in [-0.15, -0.1) is 0 Å². The van der Waals surface area contributed by atoms with Crippen LogP contribution >= 0.6 is 0 Å². The molecule has 1 heterocycles. The van der Waals surface area contributed by atoms with E-state index < -0.39 is 0 Å². The van der Waals surface area contributed by atoms with Gasteiger partial charge in [0.2, 0.25) is 0 Å². The first-order chi connectivity index (χ1) is 10.0. The molecule has 0 radical (unpaired) electrons. The van der Waals surface area contributed by atoms with E-state index in [4.69, 9.17) is 4.42 Å². The molecule has 4 heteroatoms. The van der Waals surface area contributed by atoms with E-state index in [2.05, 4.69) is 24.5 Å². The first-order valence-corrected chi connectivity index (χ1v) is 7.22. The van der Waals surface area contributed by atoms with Gasteiger partial charge in [-0.2, -0.15) is 0 Å². The quantitative estimate of drug-likeness (QED) is 0.871. The van der Waals surface area contributed by atoms with E-state index in [9.17, 15) is 4.79 Å². The largest absolute Gasteiger partial charge is 0.469 e. The molecule has 4 nitrogen and oxygen atoms in total. The number of para-hydroxylation sites is 1. The Labute approximate surface area is 124 Å². The van der Waals surface area contributed by atoms with Gasteiger partial charge in [0.1, 0.15) is 5.76 Å². The number of anilines is 1. The zero-order chi connectivity index (χ0) is 14.9. The van der Waals surface area contributed by atoms with Gasteiger partial charge in [0.05, 0.1) is 12.3 Å². The number of rotatable bonds is 2. The van der Waals surface area contributed by atoms with Gasteiger partial charge in [0.25, 0.3) is 0 Å². The predicted octanol–water partition coefficient (Wildman–Crippen LogP) is 4.11. The Morgan fingerprint density at radius 2 is 2.00 bits per heavy atom. The van der Waals surface area contributed by atoms with Crippen LogP contribution in [0.25, 0.3) is 0 Å². The summed E-state index contributed by atoms with van der Waals surface area (Å²) in [6.07, 6.45) is 3.52. The van der Waals surface area contributed by atoms with E-state index in [0.717, 1.165) is 29.9 Å². The van der Waals surface area contributed by atoms with Gasteiger partial charge in [-0.1, -0.05) is 32.0 Å². The highest BCUT2D eigenvalue weighted by Gasteiger charge is 2.34. The van der Waals surface area contributed by atoms with Crippen molar-refractivity contribution in [3.8, 4) is 0 Å². The lowest BCUT2D eigenvalue weighted by molar-refractivity contribution is 0.222. The maximum absolute atomic E-state index is 12.2. The van der Waals surface area contributed by atoms with Crippen LogP contribution in [-0.2, 0) is 6.42 Å². The van der Waals surface area contributed by atoms with Crippen molar-refractivity contribution in [2.75, 3.05) is 5.32 Å². The summed E-state index contributed by atoms with van der Waals surface area (Å²) in [6.45, 7) is 4.39. The van der Waals surface area contributed by atoms with Crippen LogP contribution in [0.4, 0.5) is 10.5 Å². The van der Waals surface area contributed by atoms with Crippen LogP contribution in [0.2, 0.25) is 0 Å². The first-order valence-electron chi connectivity index (χ1n) is 7.22. The smallest absolute Gasteiger partial charge is 0.319 e. The fourth-order valence-corrected chi connectivity index (χ4v) is 2.95. The van der Waals surface area contributed by atoms with Crippen LogP contribution in [0.5, 0.6) is 0 Å². The van der Waals surface area contributed by atoms with Crippen molar-refractivity contribution in [3.63, 3.8) is 0 Å². The third-order valence-electron chi connectivity index (χ3n) is 3.89. The molecule has 0 bridgehead atoms. The molecule has 3 rings (SSSR count). The lowest BCUT2D eigenvalue weighted by Gasteiger charge is -2.34. The second kappa shape index (κ2) is 5.28. The minimum atomic E-state index is -0.184. The molecule has 1 aliphatic carbocycles. The number of urea groups is 1. The molecule has 2 amide bonds. The Morgan fingerprint density at radius 3 is 2.76 bits per heavy atom. The SMILES string of the molecule is CC1(C)Cc2occc2C(NC(=O)Nc2ccccc2)C1. The number of fused-ring (bicyclic) bond motifs is 1. The number of hydrogen-bond acceptors (Lipinski definition) is 2. The summed E-state index contributed by atoms with van der Waals surface area (Å²) >= 11 is 0. The molecule has 0 saturated heterocycles. The Kier molecular flexibility index (Phi) is 3.45. The molecule has 2 N–H and O–H groups in total. The number of carbonyl (C=O) groups is 1. The summed E-state index contributed by atoms with van der Waals surface area (Å²) in [5.41, 5.74) is 2.00. The topological polar surface area (TPSA) is 54.3 Å². The van der Waals surface area contributed by atoms with Gasteiger partial charge in [-0.05, 0) is 30.0 Å². The third kappa shape index (κ3) is 3.10. The maximum Gasteiger partial charge on any atom is 0.319 e. The van der Waals surface area contributed by atoms with E-state index >= 15 is 0 Å². The number of nitrogens with one attached hydrogen (secondary N) is 2. The van der Waals surface area contributed by atoms with Crippen molar-refractivity contribution in [3.05, 3.63) is 54.0 Å². The molecule has 0 aliphatic heterocycles. The Hall–Kier alpha value is -2.23. The molecule has 1 atom stereocenters. The molecule has 1 aromatic heterocycles. The fraction of sp³-hybridized carbons (Fsp3) is 0.353. The predicted molar refractivity (Wildman–Crippen MR) is 82.1 cm³/mol. The van der Waals surface area contributed by atoms with Gasteiger partial charge in [0.15, 0.2) is 0 Å². The second-order valence-corrected chi connectivity index (χ2v) is 6.36. The normalized spacial score (nSPS) is 19.6. The van der Waals surface area contributed by atoms with Crippen LogP contribution in [0, 0.1) is 5.41 Å². The summed E-state index contributed by atoms with van der Waals surface area (Å²) in [5.74, 6) is 0.983. The molecule has 21 heavy (non-hydrogen) atoms. The third-order valence-corrected chi connectivity index (χ3v) is 3.89. The number of benzene rings is 1. The average molecular weight is 284 g/mol. The van der Waals surface area contributed by atoms with Gasteiger partial charge in [0, 0.05) is 17.7 Å². The molecule has 1 unspecified atom stereocenters. The van der Waals surface area contributed by atoms with E-state index in [-0.39, 0.29) is 17.5 Å². The summed E-state index contributed by atoms with van der Waals surface area (Å²) in [6, 6.07) is 11.2. The van der Waals surface area contributed by atoms with Crippen LogP contribution in [-0.4, -0.2) is 6.03 Å². The monoisotopic (exact) mass is 284 g/mol. The van der Waals surface area contributed by atoms with Crippen molar-refractivity contribution in [1.29, 1.82) is 0 Å². The number of furan rings is 1. The van der Waals surface area contributed by atoms with Crippen molar-refractivity contribution < 1.29 is 9.21 Å². The van der Waals surface area contributed by atoms with Crippen molar-refractivity contribution >= 4 is 11.7 Å². The highest BCUT2D eigenvalue weighted by Crippen LogP contribution is 2.41. The molecule has 1 aliphatic rings. The zero-order valence-corrected chi connectivity index (χ0v) is 12.3. The molecular formula is C17H20N2O2. The van der Waals surface area contributed by atoms with Gasteiger partial charge >= 0.3 is 6.03 Å². The lowest BCUT2D eigenvalue weighted by Crippen LogP contribution is -2.38. The van der Waals surface area contributed by atoms with Gasteiger partial charge in [-0.3, -0.25) is 0 Å². The molecular weight excluding hydrogens is 264 g/mol. The molecule has 2 aromatic rings. The lowest BCUT2D eigenvalue weighted by atomic mass is 9.75. The van der Waals surface area contributed by atoms with E-state index in [1.54, 1.807) is 6.26 Å². The molecule has 0 spiro atoms. The summed E-state index contributed by atoms with van der Waals surface area (Å²) in [4.78, 5) is 12.2. The highest BCUT2D eigenvalue weighted by atomic mass is 16.3. The Morgan fingerprint density at radius 1 is 1.24 bits per heavy atom. The number of carbonyl (C=O) groups excluding carboxylic acids is 1. The standard InChI is InChI=1S/C17H20N2O2/c1-17(2)10-14(13-8-9-21-15(13)11-17)19-16(20)18-12-6-4-3-5-7-12/h3-9,14H,10-11H2,1-2H3,(H2,18,19,20). The number of hydrogen-bond donors (Lipinski definition) is 2. The van der Waals surface area contributed by atoms with Crippen molar-refractivity contribution in [2.45, 2.75) is 32.7 Å². The molecule has 0 fully saturated rings.